The van der Waals surface area contributed by atoms with Crippen LogP contribution >= 0.6 is 0 Å². The molecule has 2 rings (SSSR count). The maximum absolute atomic E-state index is 6.34. The van der Waals surface area contributed by atoms with Crippen LogP contribution in [-0.4, -0.2) is 0 Å². The normalized spacial score (nSPS) is 11.4. The Bertz CT molecular complexity index is 723. The molecule has 0 fully saturated rings. The molecular formula is C24H34N2. The Morgan fingerprint density at radius 2 is 1.19 bits per heavy atom. The SMILES string of the molecule is CC(C)CC=C(c1ccc(C(C)C)c(N)c1)c1ccc(C(C)C)c(N)c1. The number of hydrogen-bond acceptors (Lipinski definition) is 2. The second-order valence-corrected chi connectivity index (χ2v) is 8.24. The van der Waals surface area contributed by atoms with Gasteiger partial charge in [0.15, 0.2) is 0 Å². The fraction of sp³-hybridized carbons (Fsp3) is 0.417. The predicted octanol–water partition coefficient (Wildman–Crippen LogP) is 6.58. The number of rotatable bonds is 6. The van der Waals surface area contributed by atoms with Gasteiger partial charge in [-0.3, -0.25) is 0 Å². The summed E-state index contributed by atoms with van der Waals surface area (Å²) in [5, 5.41) is 0. The average molecular weight is 351 g/mol. The quantitative estimate of drug-likeness (QED) is 0.578. The summed E-state index contributed by atoms with van der Waals surface area (Å²) in [7, 11) is 0. The number of hydrogen-bond donors (Lipinski definition) is 2. The van der Waals surface area contributed by atoms with Crippen molar-refractivity contribution in [2.45, 2.75) is 59.8 Å². The lowest BCUT2D eigenvalue weighted by Gasteiger charge is -2.16. The van der Waals surface area contributed by atoms with Gasteiger partial charge in [-0.2, -0.15) is 0 Å². The van der Waals surface area contributed by atoms with Crippen LogP contribution in [0, 0.1) is 5.92 Å². The van der Waals surface area contributed by atoms with Crippen molar-refractivity contribution in [3.63, 3.8) is 0 Å². The maximum atomic E-state index is 6.34. The van der Waals surface area contributed by atoms with Crippen molar-refractivity contribution >= 4 is 16.9 Å². The first-order valence-electron chi connectivity index (χ1n) is 9.70. The second-order valence-electron chi connectivity index (χ2n) is 8.24. The third-order valence-electron chi connectivity index (χ3n) is 4.83. The van der Waals surface area contributed by atoms with Crippen LogP contribution in [0.4, 0.5) is 11.4 Å². The molecule has 4 N–H and O–H groups in total. The van der Waals surface area contributed by atoms with E-state index in [1.54, 1.807) is 0 Å². The van der Waals surface area contributed by atoms with Crippen molar-refractivity contribution in [3.8, 4) is 0 Å². The van der Waals surface area contributed by atoms with Crippen LogP contribution in [0.3, 0.4) is 0 Å². The molecule has 2 aromatic carbocycles. The van der Waals surface area contributed by atoms with Gasteiger partial charge in [-0.25, -0.2) is 0 Å². The van der Waals surface area contributed by atoms with Crippen molar-refractivity contribution < 1.29 is 0 Å². The van der Waals surface area contributed by atoms with E-state index in [0.717, 1.165) is 28.9 Å². The predicted molar refractivity (Wildman–Crippen MR) is 116 cm³/mol. The Labute approximate surface area is 159 Å². The summed E-state index contributed by atoms with van der Waals surface area (Å²) in [5.74, 6) is 1.45. The molecule has 0 spiro atoms. The number of allylic oxidation sites excluding steroid dienone is 1. The second kappa shape index (κ2) is 8.44. The van der Waals surface area contributed by atoms with Gasteiger partial charge in [0.25, 0.3) is 0 Å². The van der Waals surface area contributed by atoms with Gasteiger partial charge < -0.3 is 11.5 Å². The van der Waals surface area contributed by atoms with Crippen molar-refractivity contribution in [2.75, 3.05) is 11.5 Å². The average Bonchev–Trinajstić information content (AvgIpc) is 2.54. The van der Waals surface area contributed by atoms with E-state index in [0.29, 0.717) is 17.8 Å². The lowest BCUT2D eigenvalue weighted by atomic mass is 9.90. The van der Waals surface area contributed by atoms with E-state index in [-0.39, 0.29) is 0 Å². The Hall–Kier alpha value is -2.22. The van der Waals surface area contributed by atoms with Crippen LogP contribution < -0.4 is 11.5 Å². The van der Waals surface area contributed by atoms with E-state index in [4.69, 9.17) is 11.5 Å². The fourth-order valence-electron chi connectivity index (χ4n) is 3.29. The first-order chi connectivity index (χ1) is 12.2. The highest BCUT2D eigenvalue weighted by Gasteiger charge is 2.12. The molecule has 0 saturated carbocycles. The zero-order valence-electron chi connectivity index (χ0n) is 17.1. The molecule has 0 saturated heterocycles. The Kier molecular flexibility index (Phi) is 6.52. The standard InChI is InChI=1S/C24H34N2/c1-15(2)7-10-22(18-8-11-20(16(3)4)23(25)13-18)19-9-12-21(17(5)6)24(26)14-19/h8-17H,7,25-26H2,1-6H3. The topological polar surface area (TPSA) is 52.0 Å². The van der Waals surface area contributed by atoms with E-state index < -0.39 is 0 Å². The number of nitrogen functional groups attached to an aromatic ring is 2. The minimum absolute atomic E-state index is 0.424. The van der Waals surface area contributed by atoms with Gasteiger partial charge in [0.2, 0.25) is 0 Å². The number of anilines is 2. The molecule has 2 heteroatoms. The highest BCUT2D eigenvalue weighted by atomic mass is 14.6. The van der Waals surface area contributed by atoms with Gasteiger partial charge >= 0.3 is 0 Å². The fourth-order valence-corrected chi connectivity index (χ4v) is 3.29. The molecule has 0 unspecified atom stereocenters. The first-order valence-corrected chi connectivity index (χ1v) is 9.70. The Morgan fingerprint density at radius 3 is 1.50 bits per heavy atom. The molecule has 0 aliphatic carbocycles. The lowest BCUT2D eigenvalue weighted by molar-refractivity contribution is 0.664. The molecule has 0 heterocycles. The molecule has 0 atom stereocenters. The van der Waals surface area contributed by atoms with Crippen LogP contribution in [-0.2, 0) is 0 Å². The van der Waals surface area contributed by atoms with Crippen LogP contribution in [0.2, 0.25) is 0 Å². The summed E-state index contributed by atoms with van der Waals surface area (Å²) >= 11 is 0. The summed E-state index contributed by atoms with van der Waals surface area (Å²) in [6, 6.07) is 12.9. The Balaban J connectivity index is 2.53. The molecule has 26 heavy (non-hydrogen) atoms. The van der Waals surface area contributed by atoms with E-state index in [9.17, 15) is 0 Å². The maximum Gasteiger partial charge on any atom is 0.0355 e. The van der Waals surface area contributed by atoms with Gasteiger partial charge in [-0.05, 0) is 64.1 Å². The summed E-state index contributed by atoms with van der Waals surface area (Å²) < 4.78 is 0. The highest BCUT2D eigenvalue weighted by Crippen LogP contribution is 2.32. The highest BCUT2D eigenvalue weighted by molar-refractivity contribution is 5.83. The molecule has 0 bridgehead atoms. The van der Waals surface area contributed by atoms with Crippen LogP contribution in [0.25, 0.3) is 5.57 Å². The van der Waals surface area contributed by atoms with E-state index in [1.165, 1.54) is 16.7 Å². The molecule has 2 aromatic rings. The molecule has 140 valence electrons. The summed E-state index contributed by atoms with van der Waals surface area (Å²) in [4.78, 5) is 0. The molecule has 0 radical (unpaired) electrons. The first kappa shape index (κ1) is 20.1. The van der Waals surface area contributed by atoms with E-state index in [2.05, 4.69) is 84.0 Å². The van der Waals surface area contributed by atoms with Crippen LogP contribution in [0.1, 0.15) is 82.1 Å². The molecular weight excluding hydrogens is 316 g/mol. The largest absolute Gasteiger partial charge is 0.398 e. The van der Waals surface area contributed by atoms with Crippen molar-refractivity contribution in [1.82, 2.24) is 0 Å². The number of benzene rings is 2. The summed E-state index contributed by atoms with van der Waals surface area (Å²) in [6.45, 7) is 13.2. The third-order valence-corrected chi connectivity index (χ3v) is 4.83. The Morgan fingerprint density at radius 1 is 0.769 bits per heavy atom. The monoisotopic (exact) mass is 350 g/mol. The van der Waals surface area contributed by atoms with Gasteiger partial charge in [0.1, 0.15) is 0 Å². The van der Waals surface area contributed by atoms with E-state index >= 15 is 0 Å². The number of nitrogens with two attached hydrogens (primary N) is 2. The zero-order chi connectivity index (χ0) is 19.4. The summed E-state index contributed by atoms with van der Waals surface area (Å²) in [6.07, 6.45) is 3.34. The van der Waals surface area contributed by atoms with Gasteiger partial charge in [0, 0.05) is 11.4 Å². The van der Waals surface area contributed by atoms with Crippen molar-refractivity contribution in [1.29, 1.82) is 0 Å². The third kappa shape index (κ3) is 4.69. The summed E-state index contributed by atoms with van der Waals surface area (Å²) in [5.41, 5.74) is 20.3. The van der Waals surface area contributed by atoms with Gasteiger partial charge in [-0.15, -0.1) is 0 Å². The smallest absolute Gasteiger partial charge is 0.0355 e. The molecule has 0 aliphatic heterocycles. The van der Waals surface area contributed by atoms with E-state index in [1.807, 2.05) is 0 Å². The molecule has 0 amide bonds. The molecule has 0 aliphatic rings. The van der Waals surface area contributed by atoms with Crippen LogP contribution in [0.5, 0.6) is 0 Å². The minimum atomic E-state index is 0.424. The van der Waals surface area contributed by atoms with Crippen molar-refractivity contribution in [2.24, 2.45) is 5.92 Å². The van der Waals surface area contributed by atoms with Crippen LogP contribution in [0.15, 0.2) is 42.5 Å². The minimum Gasteiger partial charge on any atom is -0.398 e. The zero-order valence-corrected chi connectivity index (χ0v) is 17.1. The lowest BCUT2D eigenvalue weighted by Crippen LogP contribution is -2.01. The molecule has 0 aromatic heterocycles. The van der Waals surface area contributed by atoms with Gasteiger partial charge in [0.05, 0.1) is 0 Å². The molecule has 2 nitrogen and oxygen atoms in total. The van der Waals surface area contributed by atoms with Crippen molar-refractivity contribution in [3.05, 3.63) is 64.7 Å². The van der Waals surface area contributed by atoms with Gasteiger partial charge in [-0.1, -0.05) is 71.9 Å².